The highest BCUT2D eigenvalue weighted by atomic mass is 79.9. The molecule has 0 spiro atoms. The Morgan fingerprint density at radius 2 is 2.20 bits per heavy atom. The summed E-state index contributed by atoms with van der Waals surface area (Å²) < 4.78 is 0.872. The summed E-state index contributed by atoms with van der Waals surface area (Å²) in [6.07, 6.45) is 4.96. The number of unbranched alkanes of at least 4 members (excludes halogenated alkanes) is 2. The molecule has 1 heterocycles. The van der Waals surface area contributed by atoms with E-state index in [1.807, 2.05) is 11.0 Å². The van der Waals surface area contributed by atoms with Crippen molar-refractivity contribution in [1.82, 2.24) is 9.88 Å². The maximum Gasteiger partial charge on any atom is 0.239 e. The Morgan fingerprint density at radius 3 is 2.80 bits per heavy atom. The fourth-order valence-electron chi connectivity index (χ4n) is 1.83. The van der Waals surface area contributed by atoms with E-state index in [1.165, 1.54) is 0 Å². The van der Waals surface area contributed by atoms with Gasteiger partial charge in [-0.05, 0) is 41.0 Å². The predicted molar refractivity (Wildman–Crippen MR) is 83.6 cm³/mol. The van der Waals surface area contributed by atoms with Crippen molar-refractivity contribution in [1.29, 1.82) is 0 Å². The zero-order chi connectivity index (χ0) is 14.8. The molecule has 1 rings (SSSR count). The molecule has 0 aliphatic rings. The van der Waals surface area contributed by atoms with Crippen molar-refractivity contribution >= 4 is 27.7 Å². The third-order valence-electron chi connectivity index (χ3n) is 2.86. The lowest BCUT2D eigenvalue weighted by molar-refractivity contribution is -0.117. The van der Waals surface area contributed by atoms with Gasteiger partial charge in [-0.3, -0.25) is 9.69 Å². The van der Waals surface area contributed by atoms with Crippen molar-refractivity contribution in [2.24, 2.45) is 0 Å². The number of aromatic nitrogens is 1. The SMILES string of the molecule is CCCCCN(CCO)CC(=O)Nc1ccc(Br)cn1. The number of aliphatic hydroxyl groups excluding tert-OH is 1. The summed E-state index contributed by atoms with van der Waals surface area (Å²) in [5.74, 6) is 0.431. The number of hydrogen-bond donors (Lipinski definition) is 2. The first-order valence-corrected chi connectivity index (χ1v) is 7.69. The zero-order valence-corrected chi connectivity index (χ0v) is 13.4. The fourth-order valence-corrected chi connectivity index (χ4v) is 2.07. The van der Waals surface area contributed by atoms with Crippen LogP contribution in [0.25, 0.3) is 0 Å². The first kappa shape index (κ1) is 17.1. The van der Waals surface area contributed by atoms with Gasteiger partial charge in [-0.1, -0.05) is 19.8 Å². The van der Waals surface area contributed by atoms with Crippen LogP contribution >= 0.6 is 15.9 Å². The fraction of sp³-hybridized carbons (Fsp3) is 0.571. The van der Waals surface area contributed by atoms with Crippen LogP contribution in [-0.4, -0.2) is 47.1 Å². The first-order valence-electron chi connectivity index (χ1n) is 6.90. The lowest BCUT2D eigenvalue weighted by atomic mass is 10.2. The Kier molecular flexibility index (Phi) is 8.41. The first-order chi connectivity index (χ1) is 9.65. The molecule has 0 aromatic carbocycles. The minimum atomic E-state index is -0.107. The van der Waals surface area contributed by atoms with Crippen LogP contribution in [0.3, 0.4) is 0 Å². The summed E-state index contributed by atoms with van der Waals surface area (Å²) in [5.41, 5.74) is 0. The van der Waals surface area contributed by atoms with Gasteiger partial charge in [-0.25, -0.2) is 4.98 Å². The topological polar surface area (TPSA) is 65.5 Å². The molecule has 1 aromatic heterocycles. The van der Waals surface area contributed by atoms with E-state index < -0.39 is 0 Å². The van der Waals surface area contributed by atoms with E-state index in [4.69, 9.17) is 5.11 Å². The van der Waals surface area contributed by atoms with E-state index in [0.717, 1.165) is 30.3 Å². The molecule has 1 amide bonds. The third-order valence-corrected chi connectivity index (χ3v) is 3.33. The highest BCUT2D eigenvalue weighted by molar-refractivity contribution is 9.10. The van der Waals surface area contributed by atoms with Gasteiger partial charge in [0, 0.05) is 17.2 Å². The number of hydrogen-bond acceptors (Lipinski definition) is 4. The Labute approximate surface area is 128 Å². The molecular weight excluding hydrogens is 322 g/mol. The van der Waals surface area contributed by atoms with Gasteiger partial charge in [0.15, 0.2) is 0 Å². The minimum absolute atomic E-state index is 0.0654. The summed E-state index contributed by atoms with van der Waals surface area (Å²) in [6, 6.07) is 3.57. The monoisotopic (exact) mass is 343 g/mol. The summed E-state index contributed by atoms with van der Waals surface area (Å²) in [4.78, 5) is 18.0. The van der Waals surface area contributed by atoms with Crippen LogP contribution in [0.1, 0.15) is 26.2 Å². The van der Waals surface area contributed by atoms with E-state index >= 15 is 0 Å². The maximum atomic E-state index is 11.9. The number of rotatable bonds is 9. The summed E-state index contributed by atoms with van der Waals surface area (Å²) >= 11 is 3.30. The number of carbonyl (C=O) groups excluding carboxylic acids is 1. The van der Waals surface area contributed by atoms with Gasteiger partial charge in [0.1, 0.15) is 5.82 Å². The highest BCUT2D eigenvalue weighted by Crippen LogP contribution is 2.10. The van der Waals surface area contributed by atoms with Crippen molar-refractivity contribution in [2.75, 3.05) is 31.6 Å². The van der Waals surface area contributed by atoms with Crippen LogP contribution < -0.4 is 5.32 Å². The van der Waals surface area contributed by atoms with Crippen molar-refractivity contribution in [2.45, 2.75) is 26.2 Å². The van der Waals surface area contributed by atoms with E-state index in [-0.39, 0.29) is 19.1 Å². The Hall–Kier alpha value is -0.980. The average Bonchev–Trinajstić information content (AvgIpc) is 2.42. The Morgan fingerprint density at radius 1 is 1.40 bits per heavy atom. The van der Waals surface area contributed by atoms with Gasteiger partial charge in [-0.2, -0.15) is 0 Å². The molecule has 5 nitrogen and oxygen atoms in total. The molecule has 0 unspecified atom stereocenters. The molecule has 0 aliphatic carbocycles. The van der Waals surface area contributed by atoms with E-state index in [1.54, 1.807) is 12.3 Å². The molecule has 0 aliphatic heterocycles. The van der Waals surface area contributed by atoms with Crippen molar-refractivity contribution in [3.63, 3.8) is 0 Å². The summed E-state index contributed by atoms with van der Waals surface area (Å²) in [7, 11) is 0. The van der Waals surface area contributed by atoms with E-state index in [2.05, 4.69) is 33.2 Å². The molecule has 0 radical (unpaired) electrons. The second-order valence-corrected chi connectivity index (χ2v) is 5.53. The van der Waals surface area contributed by atoms with Crippen LogP contribution in [0.2, 0.25) is 0 Å². The number of aliphatic hydroxyl groups is 1. The second kappa shape index (κ2) is 9.85. The van der Waals surface area contributed by atoms with Crippen LogP contribution in [0, 0.1) is 0 Å². The second-order valence-electron chi connectivity index (χ2n) is 4.62. The minimum Gasteiger partial charge on any atom is -0.395 e. The van der Waals surface area contributed by atoms with Gasteiger partial charge >= 0.3 is 0 Å². The number of nitrogens with one attached hydrogen (secondary N) is 1. The van der Waals surface area contributed by atoms with Gasteiger partial charge in [-0.15, -0.1) is 0 Å². The number of pyridine rings is 1. The maximum absolute atomic E-state index is 11.9. The van der Waals surface area contributed by atoms with E-state index in [9.17, 15) is 4.79 Å². The highest BCUT2D eigenvalue weighted by Gasteiger charge is 2.10. The predicted octanol–water partition coefficient (Wildman–Crippen LogP) is 2.27. The van der Waals surface area contributed by atoms with Crippen LogP contribution in [0.4, 0.5) is 5.82 Å². The molecule has 20 heavy (non-hydrogen) atoms. The third kappa shape index (κ3) is 6.98. The number of anilines is 1. The number of carbonyl (C=O) groups is 1. The Balaban J connectivity index is 2.42. The molecule has 1 aromatic rings. The lowest BCUT2D eigenvalue weighted by Gasteiger charge is -2.20. The zero-order valence-electron chi connectivity index (χ0n) is 11.8. The molecular formula is C14H22BrN3O2. The average molecular weight is 344 g/mol. The molecule has 0 fully saturated rings. The lowest BCUT2D eigenvalue weighted by Crippen LogP contribution is -2.36. The van der Waals surface area contributed by atoms with Crippen molar-refractivity contribution in [3.8, 4) is 0 Å². The van der Waals surface area contributed by atoms with Gasteiger partial charge < -0.3 is 10.4 Å². The quantitative estimate of drug-likeness (QED) is 0.675. The van der Waals surface area contributed by atoms with Gasteiger partial charge in [0.05, 0.1) is 13.2 Å². The molecule has 6 heteroatoms. The number of halogens is 1. The number of nitrogens with zero attached hydrogens (tertiary/aromatic N) is 2. The Bertz CT molecular complexity index is 398. The largest absolute Gasteiger partial charge is 0.395 e. The molecule has 2 N–H and O–H groups in total. The van der Waals surface area contributed by atoms with Gasteiger partial charge in [0.25, 0.3) is 0 Å². The van der Waals surface area contributed by atoms with Crippen molar-refractivity contribution < 1.29 is 9.90 Å². The molecule has 0 atom stereocenters. The molecule has 0 bridgehead atoms. The van der Waals surface area contributed by atoms with E-state index in [0.29, 0.717) is 12.4 Å². The number of amides is 1. The van der Waals surface area contributed by atoms with Crippen LogP contribution in [-0.2, 0) is 4.79 Å². The normalized spacial score (nSPS) is 10.8. The van der Waals surface area contributed by atoms with Crippen LogP contribution in [0.15, 0.2) is 22.8 Å². The molecule has 0 saturated heterocycles. The summed E-state index contributed by atoms with van der Waals surface area (Å²) in [6.45, 7) is 3.83. The molecule has 112 valence electrons. The summed E-state index contributed by atoms with van der Waals surface area (Å²) in [5, 5.41) is 11.8. The van der Waals surface area contributed by atoms with Gasteiger partial charge in [0.2, 0.25) is 5.91 Å². The smallest absolute Gasteiger partial charge is 0.239 e. The molecule has 0 saturated carbocycles. The van der Waals surface area contributed by atoms with Crippen LogP contribution in [0.5, 0.6) is 0 Å². The standard InChI is InChI=1S/C14H22BrN3O2/c1-2-3-4-7-18(8-9-19)11-14(20)17-13-6-5-12(15)10-16-13/h5-6,10,19H,2-4,7-9,11H2,1H3,(H,16,17,20). The van der Waals surface area contributed by atoms with Crippen molar-refractivity contribution in [3.05, 3.63) is 22.8 Å².